The lowest BCUT2D eigenvalue weighted by Gasteiger charge is -2.09. The average molecular weight is 683 g/mol. The minimum absolute atomic E-state index is 0.308. The van der Waals surface area contributed by atoms with Gasteiger partial charge in [-0.25, -0.2) is 0 Å². The maximum Gasteiger partial charge on any atom is 0.107 e. The maximum atomic E-state index is 5.56. The van der Waals surface area contributed by atoms with Crippen molar-refractivity contribution >= 4 is 0 Å². The van der Waals surface area contributed by atoms with Crippen LogP contribution in [0.1, 0.15) is 39.0 Å². The highest BCUT2D eigenvalue weighted by Crippen LogP contribution is 2.02. The third-order valence-electron chi connectivity index (χ3n) is 6.04. The van der Waals surface area contributed by atoms with E-state index in [1.807, 2.05) is 0 Å². The molecule has 280 valence electrons. The number of hydrogen-bond donors (Lipinski definition) is 0. The highest BCUT2D eigenvalue weighted by atomic mass is 16.6. The SMILES string of the molecule is C#CCOCCOCCOCCOCCOCCOCCOCCOCCOCCOCCOCCOCCOCCCCCCC. The van der Waals surface area contributed by atoms with Crippen LogP contribution in [-0.2, 0) is 61.6 Å². The van der Waals surface area contributed by atoms with E-state index >= 15 is 0 Å². The second-order valence-electron chi connectivity index (χ2n) is 10.0. The van der Waals surface area contributed by atoms with Crippen molar-refractivity contribution in [2.45, 2.75) is 39.0 Å². The van der Waals surface area contributed by atoms with Gasteiger partial charge >= 0.3 is 0 Å². The largest absolute Gasteiger partial charge is 0.379 e. The molecule has 0 atom stereocenters. The lowest BCUT2D eigenvalue weighted by atomic mass is 10.2. The predicted octanol–water partition coefficient (Wildman–Crippen LogP) is 2.81. The summed E-state index contributed by atoms with van der Waals surface area (Å²) in [6.45, 7) is 16.0. The Labute approximate surface area is 284 Å². The van der Waals surface area contributed by atoms with Crippen LogP contribution < -0.4 is 0 Å². The van der Waals surface area contributed by atoms with Crippen molar-refractivity contribution in [3.05, 3.63) is 0 Å². The molecule has 0 unspecified atom stereocenters. The van der Waals surface area contributed by atoms with Gasteiger partial charge in [0.05, 0.1) is 159 Å². The molecule has 0 rings (SSSR count). The highest BCUT2D eigenvalue weighted by Gasteiger charge is 1.97. The van der Waals surface area contributed by atoms with Crippen molar-refractivity contribution in [2.24, 2.45) is 0 Å². The number of rotatable bonds is 43. The van der Waals surface area contributed by atoms with Gasteiger partial charge in [-0.05, 0) is 6.42 Å². The number of terminal acetylenes is 1. The second-order valence-corrected chi connectivity index (χ2v) is 10.0. The van der Waals surface area contributed by atoms with E-state index in [0.29, 0.717) is 165 Å². The van der Waals surface area contributed by atoms with E-state index in [1.165, 1.54) is 25.7 Å². The normalized spacial score (nSPS) is 11.4. The van der Waals surface area contributed by atoms with Gasteiger partial charge in [-0.1, -0.05) is 38.5 Å². The summed E-state index contributed by atoms with van der Waals surface area (Å²) < 4.78 is 70.7. The summed E-state index contributed by atoms with van der Waals surface area (Å²) in [4.78, 5) is 0. The Hall–Kier alpha value is -0.960. The molecule has 0 saturated heterocycles. The van der Waals surface area contributed by atoms with Gasteiger partial charge in [0.2, 0.25) is 0 Å². The summed E-state index contributed by atoms with van der Waals surface area (Å²) in [5.74, 6) is 2.40. The molecule has 0 N–H and O–H groups in total. The third-order valence-corrected chi connectivity index (χ3v) is 6.04. The van der Waals surface area contributed by atoms with E-state index in [2.05, 4.69) is 12.8 Å². The highest BCUT2D eigenvalue weighted by molar-refractivity contribution is 4.82. The quantitative estimate of drug-likeness (QED) is 0.0694. The van der Waals surface area contributed by atoms with Gasteiger partial charge in [-0.2, -0.15) is 0 Å². The molecule has 0 bridgehead atoms. The average Bonchev–Trinajstić information content (AvgIpc) is 3.08. The summed E-state index contributed by atoms with van der Waals surface area (Å²) >= 11 is 0. The third kappa shape index (κ3) is 45.0. The summed E-state index contributed by atoms with van der Waals surface area (Å²) in [6, 6.07) is 0. The molecule has 0 aliphatic carbocycles. The standard InChI is InChI=1S/C34H66O13/c1-3-5-6-7-8-10-36-12-14-38-16-18-40-20-22-42-24-26-44-28-30-46-32-34-47-33-31-45-29-27-43-25-23-41-21-19-39-17-15-37-13-11-35-9-4-2/h2H,3,5-34H2,1H3. The summed E-state index contributed by atoms with van der Waals surface area (Å²) in [5, 5.41) is 0. The molecule has 13 nitrogen and oxygen atoms in total. The van der Waals surface area contributed by atoms with Crippen LogP contribution in [0.5, 0.6) is 0 Å². The van der Waals surface area contributed by atoms with E-state index in [4.69, 9.17) is 68.0 Å². The van der Waals surface area contributed by atoms with E-state index in [9.17, 15) is 0 Å². The fraction of sp³-hybridized carbons (Fsp3) is 0.941. The van der Waals surface area contributed by atoms with Gasteiger partial charge in [0, 0.05) is 6.61 Å². The Morgan fingerprint density at radius 1 is 0.277 bits per heavy atom. The van der Waals surface area contributed by atoms with Crippen LogP contribution >= 0.6 is 0 Å². The molecular weight excluding hydrogens is 616 g/mol. The molecule has 0 aromatic carbocycles. The molecule has 0 aromatic rings. The van der Waals surface area contributed by atoms with E-state index in [0.717, 1.165) is 13.0 Å². The first-order chi connectivity index (χ1) is 23.4. The Balaban J connectivity index is 3.04. The van der Waals surface area contributed by atoms with Crippen LogP contribution in [-0.4, -0.2) is 172 Å². The summed E-state index contributed by atoms with van der Waals surface area (Å²) in [7, 11) is 0. The van der Waals surface area contributed by atoms with Crippen molar-refractivity contribution < 1.29 is 61.6 Å². The van der Waals surface area contributed by atoms with Gasteiger partial charge < -0.3 is 61.6 Å². The molecule has 0 saturated carbocycles. The van der Waals surface area contributed by atoms with Crippen LogP contribution in [0, 0.1) is 12.3 Å². The van der Waals surface area contributed by atoms with Gasteiger partial charge in [0.15, 0.2) is 0 Å². The Bertz CT molecular complexity index is 595. The molecule has 0 aliphatic rings. The molecule has 0 aromatic heterocycles. The number of unbranched alkanes of at least 4 members (excludes halogenated alkanes) is 4. The van der Waals surface area contributed by atoms with Crippen LogP contribution in [0.3, 0.4) is 0 Å². The van der Waals surface area contributed by atoms with Gasteiger partial charge in [-0.3, -0.25) is 0 Å². The van der Waals surface area contributed by atoms with Crippen molar-refractivity contribution in [1.82, 2.24) is 0 Å². The molecule has 0 fully saturated rings. The molecule has 0 radical (unpaired) electrons. The first-order valence-corrected chi connectivity index (χ1v) is 17.4. The van der Waals surface area contributed by atoms with Crippen LogP contribution in [0.15, 0.2) is 0 Å². The van der Waals surface area contributed by atoms with Gasteiger partial charge in [0.25, 0.3) is 0 Å². The molecule has 0 amide bonds. The van der Waals surface area contributed by atoms with Crippen molar-refractivity contribution in [3.63, 3.8) is 0 Å². The lowest BCUT2D eigenvalue weighted by Crippen LogP contribution is -2.15. The fourth-order valence-electron chi connectivity index (χ4n) is 3.58. The number of hydrogen-bond acceptors (Lipinski definition) is 13. The monoisotopic (exact) mass is 682 g/mol. The van der Waals surface area contributed by atoms with Crippen molar-refractivity contribution in [3.8, 4) is 12.3 Å². The maximum absolute atomic E-state index is 5.56. The molecule has 0 spiro atoms. The first kappa shape index (κ1) is 46.0. The molecule has 47 heavy (non-hydrogen) atoms. The molecule has 0 heterocycles. The Morgan fingerprint density at radius 2 is 0.489 bits per heavy atom. The molecule has 13 heteroatoms. The molecule has 0 aliphatic heterocycles. The zero-order valence-electron chi connectivity index (χ0n) is 29.3. The Morgan fingerprint density at radius 3 is 0.723 bits per heavy atom. The van der Waals surface area contributed by atoms with Crippen LogP contribution in [0.4, 0.5) is 0 Å². The second kappa shape index (κ2) is 45.0. The first-order valence-electron chi connectivity index (χ1n) is 17.4. The topological polar surface area (TPSA) is 120 Å². The van der Waals surface area contributed by atoms with Crippen LogP contribution in [0.2, 0.25) is 0 Å². The van der Waals surface area contributed by atoms with E-state index in [1.54, 1.807) is 0 Å². The molecular formula is C34H66O13. The van der Waals surface area contributed by atoms with Crippen molar-refractivity contribution in [2.75, 3.05) is 172 Å². The van der Waals surface area contributed by atoms with E-state index in [-0.39, 0.29) is 0 Å². The van der Waals surface area contributed by atoms with Gasteiger partial charge in [0.1, 0.15) is 6.61 Å². The zero-order chi connectivity index (χ0) is 33.8. The van der Waals surface area contributed by atoms with E-state index < -0.39 is 0 Å². The number of ether oxygens (including phenoxy) is 13. The minimum Gasteiger partial charge on any atom is -0.379 e. The minimum atomic E-state index is 0.308. The lowest BCUT2D eigenvalue weighted by molar-refractivity contribution is -0.0289. The summed E-state index contributed by atoms with van der Waals surface area (Å²) in [5.41, 5.74) is 0. The van der Waals surface area contributed by atoms with Gasteiger partial charge in [-0.15, -0.1) is 6.42 Å². The Kier molecular flexibility index (Phi) is 44.1. The zero-order valence-corrected chi connectivity index (χ0v) is 29.3. The predicted molar refractivity (Wildman–Crippen MR) is 178 cm³/mol. The smallest absolute Gasteiger partial charge is 0.107 e. The van der Waals surface area contributed by atoms with Crippen molar-refractivity contribution in [1.29, 1.82) is 0 Å². The van der Waals surface area contributed by atoms with Crippen LogP contribution in [0.25, 0.3) is 0 Å². The fourth-order valence-corrected chi connectivity index (χ4v) is 3.58. The summed E-state index contributed by atoms with van der Waals surface area (Å²) in [6.07, 6.45) is 11.4.